The molecule has 0 unspecified atom stereocenters. The highest BCUT2D eigenvalue weighted by molar-refractivity contribution is 8.15. The molecule has 1 heterocycles. The monoisotopic (exact) mass is 409 g/mol. The van der Waals surface area contributed by atoms with E-state index in [2.05, 4.69) is 36.2 Å². The van der Waals surface area contributed by atoms with Crippen LogP contribution in [-0.2, 0) is 11.3 Å². The van der Waals surface area contributed by atoms with Crippen molar-refractivity contribution >= 4 is 29.1 Å². The number of hydrogen-bond acceptors (Lipinski definition) is 5. The summed E-state index contributed by atoms with van der Waals surface area (Å²) in [4.78, 5) is 14.8. The van der Waals surface area contributed by atoms with Crippen molar-refractivity contribution in [2.24, 2.45) is 10.2 Å². The molecule has 0 radical (unpaired) electrons. The van der Waals surface area contributed by atoms with Crippen molar-refractivity contribution in [3.63, 3.8) is 0 Å². The first-order chi connectivity index (χ1) is 14.1. The van der Waals surface area contributed by atoms with Crippen LogP contribution < -0.4 is 4.74 Å². The normalized spacial score (nSPS) is 18.2. The number of amides is 1. The number of carbonyl (C=O) groups excluding carboxylic acids is 1. The maximum absolute atomic E-state index is 13.0. The minimum Gasteiger partial charge on any atom is -0.497 e. The summed E-state index contributed by atoms with van der Waals surface area (Å²) < 4.78 is 5.17. The number of nitrogens with zero attached hydrogens (tertiary/aromatic N) is 3. The fraction of sp³-hybridized carbons (Fsp3) is 0.348. The smallest absolute Gasteiger partial charge is 0.242 e. The lowest BCUT2D eigenvalue weighted by Crippen LogP contribution is -2.31. The van der Waals surface area contributed by atoms with Gasteiger partial charge in [-0.05, 0) is 54.3 Å². The Morgan fingerprint density at radius 2 is 1.93 bits per heavy atom. The standard InChI is InChI=1S/C23H27N3O2S/c1-4-5-10-21-22(27)26(16-19-9-7-6-8-17(19)2)23(29-21)25-24-15-18-11-13-20(28-3)14-12-18/h6-9,11-15,21H,4-5,10,16H2,1-3H3/b24-15-,25-23-/t21-/m0/s1. The van der Waals surface area contributed by atoms with E-state index in [0.717, 1.165) is 36.1 Å². The Hall–Kier alpha value is -2.60. The third kappa shape index (κ3) is 5.48. The van der Waals surface area contributed by atoms with Crippen LogP contribution >= 0.6 is 11.8 Å². The van der Waals surface area contributed by atoms with E-state index >= 15 is 0 Å². The molecule has 1 amide bonds. The van der Waals surface area contributed by atoms with Crippen molar-refractivity contribution in [2.45, 2.75) is 44.9 Å². The van der Waals surface area contributed by atoms with E-state index in [1.54, 1.807) is 18.2 Å². The van der Waals surface area contributed by atoms with Gasteiger partial charge in [0, 0.05) is 0 Å². The third-order valence-electron chi connectivity index (χ3n) is 4.90. The zero-order valence-electron chi connectivity index (χ0n) is 17.2. The number of aryl methyl sites for hydroxylation is 1. The molecule has 1 atom stereocenters. The van der Waals surface area contributed by atoms with Crippen molar-refractivity contribution in [2.75, 3.05) is 7.11 Å². The number of carbonyl (C=O) groups is 1. The van der Waals surface area contributed by atoms with Crippen LogP contribution in [0.3, 0.4) is 0 Å². The maximum Gasteiger partial charge on any atom is 0.242 e. The molecule has 0 spiro atoms. The summed E-state index contributed by atoms with van der Waals surface area (Å²) >= 11 is 1.53. The Bertz CT molecular complexity index is 893. The van der Waals surface area contributed by atoms with Crippen LogP contribution in [0.1, 0.15) is 42.9 Å². The van der Waals surface area contributed by atoms with E-state index in [4.69, 9.17) is 4.74 Å². The van der Waals surface area contributed by atoms with Crippen molar-refractivity contribution in [3.8, 4) is 5.75 Å². The summed E-state index contributed by atoms with van der Waals surface area (Å²) in [5.74, 6) is 0.929. The van der Waals surface area contributed by atoms with Gasteiger partial charge in [0.2, 0.25) is 5.91 Å². The minimum atomic E-state index is -0.0751. The fourth-order valence-corrected chi connectivity index (χ4v) is 4.24. The highest BCUT2D eigenvalue weighted by Crippen LogP contribution is 2.32. The molecule has 3 rings (SSSR count). The van der Waals surface area contributed by atoms with Crippen molar-refractivity contribution in [3.05, 3.63) is 65.2 Å². The number of thioether (sulfide) groups is 1. The molecule has 5 nitrogen and oxygen atoms in total. The average molecular weight is 410 g/mol. The van der Waals surface area contributed by atoms with Gasteiger partial charge in [0.05, 0.1) is 25.1 Å². The average Bonchev–Trinajstić information content (AvgIpc) is 3.03. The molecule has 1 fully saturated rings. The molecule has 29 heavy (non-hydrogen) atoms. The second kappa shape index (κ2) is 10.3. The highest BCUT2D eigenvalue weighted by atomic mass is 32.2. The number of methoxy groups -OCH3 is 1. The lowest BCUT2D eigenvalue weighted by atomic mass is 10.1. The highest BCUT2D eigenvalue weighted by Gasteiger charge is 2.37. The molecule has 1 aliphatic rings. The summed E-state index contributed by atoms with van der Waals surface area (Å²) in [5, 5.41) is 9.25. The van der Waals surface area contributed by atoms with Crippen LogP contribution in [0.5, 0.6) is 5.75 Å². The predicted octanol–water partition coefficient (Wildman–Crippen LogP) is 5.03. The van der Waals surface area contributed by atoms with Crippen LogP contribution in [0.2, 0.25) is 0 Å². The number of unbranched alkanes of at least 4 members (excludes halogenated alkanes) is 1. The molecule has 0 bridgehead atoms. The van der Waals surface area contributed by atoms with Gasteiger partial charge < -0.3 is 4.74 Å². The first kappa shape index (κ1) is 21.1. The van der Waals surface area contributed by atoms with Gasteiger partial charge >= 0.3 is 0 Å². The maximum atomic E-state index is 13.0. The predicted molar refractivity (Wildman–Crippen MR) is 121 cm³/mol. The van der Waals surface area contributed by atoms with Gasteiger partial charge in [0.1, 0.15) is 5.75 Å². The zero-order chi connectivity index (χ0) is 20.6. The van der Waals surface area contributed by atoms with E-state index in [1.807, 2.05) is 36.4 Å². The lowest BCUT2D eigenvalue weighted by Gasteiger charge is -2.17. The Morgan fingerprint density at radius 3 is 2.62 bits per heavy atom. The largest absolute Gasteiger partial charge is 0.497 e. The van der Waals surface area contributed by atoms with Gasteiger partial charge in [-0.15, -0.1) is 5.10 Å². The van der Waals surface area contributed by atoms with E-state index in [0.29, 0.717) is 11.7 Å². The van der Waals surface area contributed by atoms with Crippen molar-refractivity contribution in [1.29, 1.82) is 0 Å². The Labute approximate surface area is 176 Å². The SMILES string of the molecule is CCCC[C@@H]1S/C(=N\N=C/c2ccc(OC)cc2)N(Cc2ccccc2C)C1=O. The van der Waals surface area contributed by atoms with E-state index < -0.39 is 0 Å². The molecule has 6 heteroatoms. The van der Waals surface area contributed by atoms with Crippen LogP contribution in [0, 0.1) is 6.92 Å². The zero-order valence-corrected chi connectivity index (χ0v) is 18.0. The molecule has 152 valence electrons. The third-order valence-corrected chi connectivity index (χ3v) is 6.13. The summed E-state index contributed by atoms with van der Waals surface area (Å²) in [5.41, 5.74) is 3.23. The second-order valence-electron chi connectivity index (χ2n) is 7.00. The Morgan fingerprint density at radius 1 is 1.17 bits per heavy atom. The molecule has 2 aromatic carbocycles. The molecular weight excluding hydrogens is 382 g/mol. The molecule has 2 aromatic rings. The van der Waals surface area contributed by atoms with Gasteiger partial charge in [0.25, 0.3) is 0 Å². The summed E-state index contributed by atoms with van der Waals surface area (Å²) in [6.07, 6.45) is 4.67. The second-order valence-corrected chi connectivity index (χ2v) is 8.17. The van der Waals surface area contributed by atoms with Gasteiger partial charge in [-0.2, -0.15) is 5.10 Å². The molecule has 1 saturated heterocycles. The fourth-order valence-electron chi connectivity index (χ4n) is 3.10. The molecule has 0 aromatic heterocycles. The first-order valence-corrected chi connectivity index (χ1v) is 10.8. The number of amidine groups is 1. The summed E-state index contributed by atoms with van der Waals surface area (Å²) in [6.45, 7) is 4.73. The Balaban J connectivity index is 1.79. The summed E-state index contributed by atoms with van der Waals surface area (Å²) in [7, 11) is 1.64. The first-order valence-electron chi connectivity index (χ1n) is 9.90. The van der Waals surface area contributed by atoms with Gasteiger partial charge in [-0.3, -0.25) is 9.69 Å². The molecule has 1 aliphatic heterocycles. The topological polar surface area (TPSA) is 54.3 Å². The van der Waals surface area contributed by atoms with E-state index in [1.165, 1.54) is 17.3 Å². The van der Waals surface area contributed by atoms with Crippen LogP contribution in [-0.4, -0.2) is 34.5 Å². The molecular formula is C23H27N3O2S. The van der Waals surface area contributed by atoms with E-state index in [-0.39, 0.29) is 11.2 Å². The van der Waals surface area contributed by atoms with Gasteiger partial charge in [0.15, 0.2) is 5.17 Å². The number of hydrogen-bond donors (Lipinski definition) is 0. The minimum absolute atomic E-state index is 0.0751. The van der Waals surface area contributed by atoms with Crippen LogP contribution in [0.4, 0.5) is 0 Å². The quantitative estimate of drug-likeness (QED) is 0.454. The van der Waals surface area contributed by atoms with Crippen LogP contribution in [0.25, 0.3) is 0 Å². The molecule has 0 N–H and O–H groups in total. The Kier molecular flexibility index (Phi) is 7.47. The van der Waals surface area contributed by atoms with Crippen molar-refractivity contribution in [1.82, 2.24) is 4.90 Å². The van der Waals surface area contributed by atoms with E-state index in [9.17, 15) is 4.79 Å². The number of rotatable bonds is 8. The van der Waals surface area contributed by atoms with Gasteiger partial charge in [-0.25, -0.2) is 0 Å². The van der Waals surface area contributed by atoms with Gasteiger partial charge in [-0.1, -0.05) is 55.8 Å². The molecule has 0 aliphatic carbocycles. The van der Waals surface area contributed by atoms with Crippen LogP contribution in [0.15, 0.2) is 58.7 Å². The van der Waals surface area contributed by atoms with Crippen molar-refractivity contribution < 1.29 is 9.53 Å². The number of ether oxygens (including phenoxy) is 1. The lowest BCUT2D eigenvalue weighted by molar-refractivity contribution is -0.126. The summed E-state index contributed by atoms with van der Waals surface area (Å²) in [6, 6.07) is 15.7. The molecule has 0 saturated carbocycles. The number of benzene rings is 2.